The zero-order valence-electron chi connectivity index (χ0n) is 20.9. The van der Waals surface area contributed by atoms with Crippen LogP contribution in [0.1, 0.15) is 112 Å². The number of unbranched alkanes of at least 4 members (excludes halogenated alkanes) is 1. The van der Waals surface area contributed by atoms with Crippen LogP contribution in [0.5, 0.6) is 0 Å². The Morgan fingerprint density at radius 3 is 2.50 bits per heavy atom. The summed E-state index contributed by atoms with van der Waals surface area (Å²) in [6.45, 7) is 14.3. The summed E-state index contributed by atoms with van der Waals surface area (Å²) >= 11 is 0. The Bertz CT molecular complexity index is 581. The summed E-state index contributed by atoms with van der Waals surface area (Å²) in [6, 6.07) is 0. The summed E-state index contributed by atoms with van der Waals surface area (Å²) in [4.78, 5) is 0. The Morgan fingerprint density at radius 1 is 1.10 bits per heavy atom. The van der Waals surface area contributed by atoms with E-state index in [0.717, 1.165) is 42.4 Å². The topological polar surface area (TPSA) is 29.5 Å². The van der Waals surface area contributed by atoms with Crippen LogP contribution in [-0.4, -0.2) is 18.0 Å². The molecule has 7 atom stereocenters. The normalized spacial score (nSPS) is 42.5. The number of aliphatic hydroxyl groups is 1. The van der Waals surface area contributed by atoms with E-state index < -0.39 is 0 Å². The largest absolute Gasteiger partial charge is 0.371 e. The highest BCUT2D eigenvalue weighted by Gasteiger charge is 2.57. The number of fused-ring (bicyclic) bond motifs is 5. The molecule has 0 aromatic heterocycles. The number of hydrogen-bond donors (Lipinski definition) is 1. The minimum atomic E-state index is -0.126. The van der Waals surface area contributed by atoms with Crippen molar-refractivity contribution in [3.05, 3.63) is 11.6 Å². The Kier molecular flexibility index (Phi) is 8.16. The third-order valence-electron chi connectivity index (χ3n) is 9.98. The molecule has 0 saturated heterocycles. The van der Waals surface area contributed by atoms with Crippen LogP contribution in [0.4, 0.5) is 0 Å². The van der Waals surface area contributed by atoms with Crippen LogP contribution in [0.2, 0.25) is 0 Å². The van der Waals surface area contributed by atoms with Gasteiger partial charge in [-0.25, -0.2) is 0 Å². The SMILES string of the molecule is CCCCC(C)C.C[C@H]1CCC2[C@@H]3CC=C4CC(OCO)CCC4(C)C3CC[C@@]21C. The summed E-state index contributed by atoms with van der Waals surface area (Å²) in [5.74, 6) is 4.58. The zero-order chi connectivity index (χ0) is 21.9. The van der Waals surface area contributed by atoms with Crippen molar-refractivity contribution in [3.8, 4) is 0 Å². The molecule has 2 heteroatoms. The summed E-state index contributed by atoms with van der Waals surface area (Å²) < 4.78 is 5.53. The molecule has 0 aromatic rings. The lowest BCUT2D eigenvalue weighted by Crippen LogP contribution is -2.50. The number of allylic oxidation sites excluding steroid dienone is 1. The standard InChI is InChI=1S/C21H34O2.C7H16/c1-14-4-7-18-17-6-5-15-12-16(23-13-22)8-10-21(15,3)19(17)9-11-20(14,18)2;1-4-5-6-7(2)3/h5,14,16-19,22H,4,6-13H2,1-3H3;7H,4-6H2,1-3H3/t14-,16?,17-,18?,19?,20+,21?;/m0./s1. The lowest BCUT2D eigenvalue weighted by molar-refractivity contribution is -0.0848. The van der Waals surface area contributed by atoms with Crippen LogP contribution in [0.25, 0.3) is 0 Å². The highest BCUT2D eigenvalue weighted by atomic mass is 16.6. The maximum absolute atomic E-state index is 9.08. The van der Waals surface area contributed by atoms with Crippen molar-refractivity contribution in [2.24, 2.45) is 40.4 Å². The molecule has 4 aliphatic rings. The third kappa shape index (κ3) is 4.70. The van der Waals surface area contributed by atoms with Gasteiger partial charge in [-0.1, -0.05) is 72.5 Å². The van der Waals surface area contributed by atoms with E-state index in [1.54, 1.807) is 5.57 Å². The van der Waals surface area contributed by atoms with Crippen molar-refractivity contribution in [1.82, 2.24) is 0 Å². The first-order valence-corrected chi connectivity index (χ1v) is 13.2. The van der Waals surface area contributed by atoms with Gasteiger partial charge >= 0.3 is 0 Å². The first-order valence-electron chi connectivity index (χ1n) is 13.2. The summed E-state index contributed by atoms with van der Waals surface area (Å²) in [5, 5.41) is 9.08. The predicted octanol–water partition coefficient (Wildman–Crippen LogP) is 7.75. The Balaban J connectivity index is 0.000000318. The molecule has 30 heavy (non-hydrogen) atoms. The van der Waals surface area contributed by atoms with E-state index in [-0.39, 0.29) is 12.9 Å². The number of aliphatic hydroxyl groups excluding tert-OH is 1. The van der Waals surface area contributed by atoms with E-state index in [1.165, 1.54) is 57.8 Å². The van der Waals surface area contributed by atoms with Crippen LogP contribution in [-0.2, 0) is 4.74 Å². The molecular formula is C28H50O2. The van der Waals surface area contributed by atoms with E-state index in [9.17, 15) is 0 Å². The molecule has 1 N–H and O–H groups in total. The van der Waals surface area contributed by atoms with Crippen LogP contribution >= 0.6 is 0 Å². The highest BCUT2D eigenvalue weighted by molar-refractivity contribution is 5.25. The second-order valence-electron chi connectivity index (χ2n) is 12.0. The van der Waals surface area contributed by atoms with Crippen LogP contribution in [0.15, 0.2) is 11.6 Å². The fourth-order valence-electron chi connectivity index (χ4n) is 7.75. The van der Waals surface area contributed by atoms with Crippen molar-refractivity contribution in [1.29, 1.82) is 0 Å². The van der Waals surface area contributed by atoms with Gasteiger partial charge in [0.15, 0.2) is 0 Å². The molecule has 2 nitrogen and oxygen atoms in total. The van der Waals surface area contributed by atoms with Crippen molar-refractivity contribution >= 4 is 0 Å². The molecule has 0 radical (unpaired) electrons. The fourth-order valence-corrected chi connectivity index (χ4v) is 7.75. The number of hydrogen-bond acceptors (Lipinski definition) is 2. The van der Waals surface area contributed by atoms with E-state index in [4.69, 9.17) is 9.84 Å². The molecule has 0 amide bonds. The second-order valence-corrected chi connectivity index (χ2v) is 12.0. The van der Waals surface area contributed by atoms with E-state index >= 15 is 0 Å². The fraction of sp³-hybridized carbons (Fsp3) is 0.929. The first-order chi connectivity index (χ1) is 14.3. The second kappa shape index (κ2) is 10.1. The predicted molar refractivity (Wildman–Crippen MR) is 127 cm³/mol. The minimum absolute atomic E-state index is 0.126. The van der Waals surface area contributed by atoms with Gasteiger partial charge in [-0.3, -0.25) is 0 Å². The first kappa shape index (κ1) is 24.3. The molecule has 3 fully saturated rings. The van der Waals surface area contributed by atoms with Crippen molar-refractivity contribution in [2.75, 3.05) is 6.79 Å². The van der Waals surface area contributed by atoms with Gasteiger partial charge in [0.05, 0.1) is 6.10 Å². The van der Waals surface area contributed by atoms with E-state index in [0.29, 0.717) is 10.8 Å². The van der Waals surface area contributed by atoms with Crippen LogP contribution in [0, 0.1) is 40.4 Å². The molecule has 0 bridgehead atoms. The molecule has 0 spiro atoms. The summed E-state index contributed by atoms with van der Waals surface area (Å²) in [6.07, 6.45) is 17.5. The van der Waals surface area contributed by atoms with Gasteiger partial charge < -0.3 is 9.84 Å². The quantitative estimate of drug-likeness (QED) is 0.365. The van der Waals surface area contributed by atoms with Crippen molar-refractivity contribution < 1.29 is 9.84 Å². The lowest BCUT2D eigenvalue weighted by Gasteiger charge is -2.58. The number of rotatable bonds is 5. The average Bonchev–Trinajstić information content (AvgIpc) is 3.02. The Hall–Kier alpha value is -0.340. The van der Waals surface area contributed by atoms with Gasteiger partial charge in [0.2, 0.25) is 0 Å². The molecule has 4 unspecified atom stereocenters. The van der Waals surface area contributed by atoms with Gasteiger partial charge in [-0.2, -0.15) is 0 Å². The molecule has 4 aliphatic carbocycles. The van der Waals surface area contributed by atoms with Gasteiger partial charge in [0, 0.05) is 0 Å². The smallest absolute Gasteiger partial charge is 0.143 e. The highest BCUT2D eigenvalue weighted by Crippen LogP contribution is 2.66. The molecule has 0 aliphatic heterocycles. The molecule has 0 heterocycles. The third-order valence-corrected chi connectivity index (χ3v) is 9.98. The minimum Gasteiger partial charge on any atom is -0.371 e. The number of ether oxygens (including phenoxy) is 1. The van der Waals surface area contributed by atoms with Gasteiger partial charge in [0.1, 0.15) is 6.79 Å². The summed E-state index contributed by atoms with van der Waals surface area (Å²) in [5.41, 5.74) is 2.67. The van der Waals surface area contributed by atoms with Crippen molar-refractivity contribution in [2.45, 2.75) is 118 Å². The maximum atomic E-state index is 9.08. The molecule has 174 valence electrons. The Morgan fingerprint density at radius 2 is 1.87 bits per heavy atom. The summed E-state index contributed by atoms with van der Waals surface area (Å²) in [7, 11) is 0. The van der Waals surface area contributed by atoms with E-state index in [2.05, 4.69) is 47.6 Å². The zero-order valence-corrected chi connectivity index (χ0v) is 20.9. The lowest BCUT2D eigenvalue weighted by atomic mass is 9.47. The van der Waals surface area contributed by atoms with E-state index in [1.807, 2.05) is 0 Å². The molecule has 4 rings (SSSR count). The van der Waals surface area contributed by atoms with Gasteiger partial charge in [0.25, 0.3) is 0 Å². The Labute approximate surface area is 187 Å². The van der Waals surface area contributed by atoms with Gasteiger partial charge in [-0.05, 0) is 91.8 Å². The van der Waals surface area contributed by atoms with Gasteiger partial charge in [-0.15, -0.1) is 0 Å². The van der Waals surface area contributed by atoms with Crippen LogP contribution in [0.3, 0.4) is 0 Å². The molecule has 3 saturated carbocycles. The average molecular weight is 419 g/mol. The monoisotopic (exact) mass is 418 g/mol. The maximum Gasteiger partial charge on any atom is 0.143 e. The molecule has 0 aromatic carbocycles. The molecular weight excluding hydrogens is 368 g/mol. The van der Waals surface area contributed by atoms with Crippen molar-refractivity contribution in [3.63, 3.8) is 0 Å². The van der Waals surface area contributed by atoms with Crippen LogP contribution < -0.4 is 0 Å².